The molecule has 8 heteroatoms. The van der Waals surface area contributed by atoms with Crippen LogP contribution in [0.15, 0.2) is 0 Å². The summed E-state index contributed by atoms with van der Waals surface area (Å²) in [6.07, 6.45) is 4.28. The third-order valence-corrected chi connectivity index (χ3v) is 5.09. The average Bonchev–Trinajstić information content (AvgIpc) is 2.78. The first kappa shape index (κ1) is 16.4. The Hall–Kier alpha value is -1.01. The Morgan fingerprint density at radius 3 is 2.33 bits per heavy atom. The van der Waals surface area contributed by atoms with E-state index in [1.165, 1.54) is 0 Å². The van der Waals surface area contributed by atoms with Crippen LogP contribution in [0.4, 0.5) is 4.79 Å². The molecule has 3 amide bonds. The largest absolute Gasteiger partial charge is 0.455 e. The van der Waals surface area contributed by atoms with Crippen LogP contribution in [0.1, 0.15) is 39.0 Å². The summed E-state index contributed by atoms with van der Waals surface area (Å²) in [5.74, 6) is -1.32. The quantitative estimate of drug-likeness (QED) is 0.606. The molecule has 0 bridgehead atoms. The zero-order valence-electron chi connectivity index (χ0n) is 11.7. The van der Waals surface area contributed by atoms with Crippen molar-refractivity contribution < 1.29 is 19.1 Å². The Morgan fingerprint density at radius 2 is 1.81 bits per heavy atom. The minimum atomic E-state index is -1.14. The van der Waals surface area contributed by atoms with Crippen LogP contribution in [-0.2, 0) is 14.3 Å². The topological polar surface area (TPSA) is 84.5 Å². The fourth-order valence-corrected chi connectivity index (χ4v) is 3.05. The van der Waals surface area contributed by atoms with Gasteiger partial charge in [0.1, 0.15) is 9.75 Å². The molecule has 2 fully saturated rings. The van der Waals surface area contributed by atoms with Crippen molar-refractivity contribution in [2.45, 2.75) is 49.4 Å². The predicted molar refractivity (Wildman–Crippen MR) is 77.1 cm³/mol. The maximum Gasteiger partial charge on any atom is 0.321 e. The number of nitrogens with one attached hydrogen (secondary N) is 2. The third-order valence-electron chi connectivity index (χ3n) is 3.99. The lowest BCUT2D eigenvalue weighted by Gasteiger charge is -2.13. The average molecular weight is 337 g/mol. The zero-order valence-corrected chi connectivity index (χ0v) is 13.2. The van der Waals surface area contributed by atoms with E-state index in [0.717, 1.165) is 25.7 Å². The second kappa shape index (κ2) is 6.01. The van der Waals surface area contributed by atoms with Gasteiger partial charge >= 0.3 is 12.0 Å². The highest BCUT2D eigenvalue weighted by Gasteiger charge is 2.69. The lowest BCUT2D eigenvalue weighted by atomic mass is 10.1. The minimum absolute atomic E-state index is 0.110. The highest BCUT2D eigenvalue weighted by Crippen LogP contribution is 2.64. The molecule has 118 valence electrons. The van der Waals surface area contributed by atoms with Crippen LogP contribution in [0.3, 0.4) is 0 Å². The first-order valence-corrected chi connectivity index (χ1v) is 7.65. The molecule has 2 N–H and O–H groups in total. The van der Waals surface area contributed by atoms with Crippen molar-refractivity contribution in [3.63, 3.8) is 0 Å². The van der Waals surface area contributed by atoms with Gasteiger partial charge in [-0.15, -0.1) is 23.2 Å². The Kier molecular flexibility index (Phi) is 4.68. The van der Waals surface area contributed by atoms with Crippen molar-refractivity contribution in [1.29, 1.82) is 0 Å². The van der Waals surface area contributed by atoms with E-state index in [0.29, 0.717) is 0 Å². The van der Waals surface area contributed by atoms with Gasteiger partial charge in [-0.2, -0.15) is 0 Å². The van der Waals surface area contributed by atoms with Gasteiger partial charge in [0.05, 0.1) is 0 Å². The molecule has 21 heavy (non-hydrogen) atoms. The molecule has 0 heterocycles. The molecule has 2 rings (SSSR count). The number of carbonyl (C=O) groups excluding carboxylic acids is 3. The molecule has 2 aliphatic rings. The molecule has 0 spiro atoms. The molecule has 6 nitrogen and oxygen atoms in total. The van der Waals surface area contributed by atoms with E-state index in [1.54, 1.807) is 6.92 Å². The summed E-state index contributed by atoms with van der Waals surface area (Å²) in [6, 6.07) is -0.455. The molecular weight excluding hydrogens is 319 g/mol. The number of hydrogen-bond donors (Lipinski definition) is 2. The second-order valence-electron chi connectivity index (χ2n) is 5.79. The van der Waals surface area contributed by atoms with Gasteiger partial charge < -0.3 is 10.1 Å². The fourth-order valence-electron chi connectivity index (χ4n) is 2.37. The molecule has 0 aliphatic heterocycles. The number of halogens is 2. The standard InChI is InChI=1S/C13H18Cl2N2O4/c1-12(7-13(12,14)15)10(19)21-6-9(18)17-11(20)16-8-4-2-3-5-8/h8H,2-7H2,1H3,(H2,16,17,18,20)/t12-/m1/s1. The van der Waals surface area contributed by atoms with Crippen molar-refractivity contribution in [3.05, 3.63) is 0 Å². The second-order valence-corrected chi connectivity index (χ2v) is 7.28. The van der Waals surface area contributed by atoms with E-state index < -0.39 is 34.3 Å². The first-order valence-electron chi connectivity index (χ1n) is 6.90. The number of rotatable bonds is 4. The van der Waals surface area contributed by atoms with Crippen LogP contribution in [0, 0.1) is 5.41 Å². The van der Waals surface area contributed by atoms with E-state index in [-0.39, 0.29) is 12.5 Å². The number of urea groups is 1. The van der Waals surface area contributed by atoms with Crippen LogP contribution in [0.25, 0.3) is 0 Å². The molecule has 0 aromatic heterocycles. The van der Waals surface area contributed by atoms with Crippen LogP contribution in [-0.4, -0.2) is 34.9 Å². The molecular formula is C13H18Cl2N2O4. The SMILES string of the molecule is C[C@]1(C(=O)OCC(=O)NC(=O)NC2CCCC2)CC1(Cl)Cl. The Morgan fingerprint density at radius 1 is 1.24 bits per heavy atom. The molecule has 0 saturated heterocycles. The summed E-state index contributed by atoms with van der Waals surface area (Å²) in [4.78, 5) is 34.8. The number of hydrogen-bond acceptors (Lipinski definition) is 4. The first-order chi connectivity index (χ1) is 9.74. The molecule has 0 radical (unpaired) electrons. The summed E-state index contributed by atoms with van der Waals surface area (Å²) in [5.41, 5.74) is -0.984. The summed E-state index contributed by atoms with van der Waals surface area (Å²) in [7, 11) is 0. The monoisotopic (exact) mass is 336 g/mol. The number of ether oxygens (including phenoxy) is 1. The van der Waals surface area contributed by atoms with Crippen molar-refractivity contribution in [2.75, 3.05) is 6.61 Å². The summed E-state index contributed by atoms with van der Waals surface area (Å²) >= 11 is 11.7. The van der Waals surface area contributed by atoms with Gasteiger partial charge in [0.15, 0.2) is 6.61 Å². The lowest BCUT2D eigenvalue weighted by Crippen LogP contribution is -2.45. The number of alkyl halides is 2. The molecule has 0 aromatic rings. The molecule has 0 aromatic carbocycles. The van der Waals surface area contributed by atoms with Gasteiger partial charge in [0.25, 0.3) is 5.91 Å². The maximum absolute atomic E-state index is 11.7. The van der Waals surface area contributed by atoms with Gasteiger partial charge in [0.2, 0.25) is 0 Å². The number of carbonyl (C=O) groups is 3. The van der Waals surface area contributed by atoms with Crippen molar-refractivity contribution in [1.82, 2.24) is 10.6 Å². The zero-order chi connectivity index (χ0) is 15.7. The third kappa shape index (κ3) is 3.80. The van der Waals surface area contributed by atoms with E-state index in [1.807, 2.05) is 0 Å². The van der Waals surface area contributed by atoms with Crippen molar-refractivity contribution in [3.8, 4) is 0 Å². The van der Waals surface area contributed by atoms with Gasteiger partial charge in [-0.05, 0) is 19.8 Å². The van der Waals surface area contributed by atoms with Crippen molar-refractivity contribution >= 4 is 41.1 Å². The molecule has 1 atom stereocenters. The van der Waals surface area contributed by atoms with Crippen LogP contribution in [0.5, 0.6) is 0 Å². The number of imide groups is 1. The van der Waals surface area contributed by atoms with Crippen LogP contribution >= 0.6 is 23.2 Å². The number of amides is 3. The van der Waals surface area contributed by atoms with Gasteiger partial charge in [0, 0.05) is 12.5 Å². The summed E-state index contributed by atoms with van der Waals surface area (Å²) < 4.78 is 3.70. The van der Waals surface area contributed by atoms with Gasteiger partial charge in [-0.25, -0.2) is 4.79 Å². The summed E-state index contributed by atoms with van der Waals surface area (Å²) in [5, 5.41) is 4.82. The fraction of sp³-hybridized carbons (Fsp3) is 0.769. The van der Waals surface area contributed by atoms with E-state index >= 15 is 0 Å². The van der Waals surface area contributed by atoms with Gasteiger partial charge in [-0.3, -0.25) is 14.9 Å². The van der Waals surface area contributed by atoms with Crippen LogP contribution < -0.4 is 10.6 Å². The van der Waals surface area contributed by atoms with Crippen LogP contribution in [0.2, 0.25) is 0 Å². The molecule has 2 aliphatic carbocycles. The van der Waals surface area contributed by atoms with E-state index in [2.05, 4.69) is 10.6 Å². The smallest absolute Gasteiger partial charge is 0.321 e. The lowest BCUT2D eigenvalue weighted by molar-refractivity contribution is -0.153. The highest BCUT2D eigenvalue weighted by molar-refractivity contribution is 6.53. The Balaban J connectivity index is 1.68. The highest BCUT2D eigenvalue weighted by atomic mass is 35.5. The Bertz CT molecular complexity index is 463. The maximum atomic E-state index is 11.7. The predicted octanol–water partition coefficient (Wildman–Crippen LogP) is 1.88. The van der Waals surface area contributed by atoms with Gasteiger partial charge in [-0.1, -0.05) is 12.8 Å². The van der Waals surface area contributed by atoms with E-state index in [4.69, 9.17) is 27.9 Å². The molecule has 0 unspecified atom stereocenters. The summed E-state index contributed by atoms with van der Waals surface area (Å²) in [6.45, 7) is 1.04. The molecule has 2 saturated carbocycles. The normalized spacial score (nSPS) is 27.0. The van der Waals surface area contributed by atoms with Crippen molar-refractivity contribution in [2.24, 2.45) is 5.41 Å². The Labute approximate surface area is 132 Å². The minimum Gasteiger partial charge on any atom is -0.455 e. The number of esters is 1. The van der Waals surface area contributed by atoms with E-state index in [9.17, 15) is 14.4 Å².